The maximum absolute atomic E-state index is 3.56. The summed E-state index contributed by atoms with van der Waals surface area (Å²) in [5.74, 6) is 0. The molecule has 3 nitrogen and oxygen atoms in total. The van der Waals surface area contributed by atoms with Crippen molar-refractivity contribution in [1.29, 1.82) is 0 Å². The standard InChI is InChI=1S/C37H47N3/c1-6-11-12-15-28-40(10-5)32-24-20-30(21-25-32)37(29-18-22-31(23-19-29)39(8-3)9-4)35-26-27-36(38-7-2)34-17-14-13-16-33(34)35/h13-14,16-27H,6-12,15,28H2,1-5H3/p+1/b37-35+,38-36?. The van der Waals surface area contributed by atoms with E-state index in [0.29, 0.717) is 0 Å². The van der Waals surface area contributed by atoms with Crippen molar-refractivity contribution in [2.24, 2.45) is 0 Å². The van der Waals surface area contributed by atoms with Gasteiger partial charge in [-0.1, -0.05) is 68.7 Å². The Morgan fingerprint density at radius 3 is 1.73 bits per heavy atom. The van der Waals surface area contributed by atoms with Gasteiger partial charge >= 0.3 is 0 Å². The van der Waals surface area contributed by atoms with E-state index in [1.54, 1.807) is 0 Å². The van der Waals surface area contributed by atoms with Crippen molar-refractivity contribution in [3.63, 3.8) is 0 Å². The number of hydrogen-bond acceptors (Lipinski definition) is 2. The lowest BCUT2D eigenvalue weighted by Crippen LogP contribution is -2.72. The first kappa shape index (κ1) is 29.4. The second-order valence-electron chi connectivity index (χ2n) is 10.5. The molecule has 0 saturated heterocycles. The molecule has 0 saturated carbocycles. The smallest absolute Gasteiger partial charge is 0.206 e. The van der Waals surface area contributed by atoms with Crippen molar-refractivity contribution in [3.05, 3.63) is 107 Å². The molecule has 0 aliphatic heterocycles. The van der Waals surface area contributed by atoms with Gasteiger partial charge in [0.05, 0.1) is 5.56 Å². The topological polar surface area (TPSA) is 20.5 Å². The van der Waals surface area contributed by atoms with Crippen molar-refractivity contribution in [2.45, 2.75) is 60.3 Å². The Kier molecular flexibility index (Phi) is 10.8. The zero-order valence-corrected chi connectivity index (χ0v) is 25.3. The number of rotatable bonds is 13. The largest absolute Gasteiger partial charge is 0.372 e. The van der Waals surface area contributed by atoms with Gasteiger partial charge in [0, 0.05) is 43.6 Å². The molecule has 0 aromatic heterocycles. The van der Waals surface area contributed by atoms with Crippen LogP contribution < -0.4 is 14.8 Å². The molecule has 0 amide bonds. The van der Waals surface area contributed by atoms with Crippen LogP contribution >= 0.6 is 0 Å². The Labute approximate surface area is 243 Å². The minimum Gasteiger partial charge on any atom is -0.372 e. The van der Waals surface area contributed by atoms with E-state index in [9.17, 15) is 0 Å². The molecule has 0 heterocycles. The van der Waals surface area contributed by atoms with Gasteiger partial charge < -0.3 is 9.80 Å². The lowest BCUT2D eigenvalue weighted by molar-refractivity contribution is -0.450. The van der Waals surface area contributed by atoms with Gasteiger partial charge in [0.1, 0.15) is 6.54 Å². The average molecular weight is 535 g/mol. The zero-order chi connectivity index (χ0) is 28.3. The molecule has 1 aliphatic carbocycles. The average Bonchev–Trinajstić information content (AvgIpc) is 3.00. The minimum atomic E-state index is 0.903. The molecule has 3 aromatic rings. The highest BCUT2D eigenvalue weighted by atomic mass is 15.1. The maximum atomic E-state index is 3.56. The molecule has 0 spiro atoms. The van der Waals surface area contributed by atoms with Gasteiger partial charge in [0.25, 0.3) is 0 Å². The van der Waals surface area contributed by atoms with Crippen LogP contribution in [0, 0.1) is 0 Å². The van der Waals surface area contributed by atoms with Gasteiger partial charge in [-0.15, -0.1) is 0 Å². The summed E-state index contributed by atoms with van der Waals surface area (Å²) >= 11 is 0. The molecule has 1 N–H and O–H groups in total. The van der Waals surface area contributed by atoms with Crippen LogP contribution in [-0.4, -0.2) is 38.4 Å². The molecule has 0 atom stereocenters. The summed E-state index contributed by atoms with van der Waals surface area (Å²) in [4.78, 5) is 8.47. The van der Waals surface area contributed by atoms with Crippen molar-refractivity contribution in [2.75, 3.05) is 42.5 Å². The summed E-state index contributed by atoms with van der Waals surface area (Å²) in [7, 11) is 0. The maximum Gasteiger partial charge on any atom is 0.206 e. The van der Waals surface area contributed by atoms with Crippen molar-refractivity contribution in [1.82, 2.24) is 0 Å². The number of unbranched alkanes of at least 4 members (excludes halogenated alkanes) is 3. The summed E-state index contributed by atoms with van der Waals surface area (Å²) in [5.41, 5.74) is 11.4. The number of fused-ring (bicyclic) bond motifs is 1. The normalized spacial score (nSPS) is 14.8. The predicted molar refractivity (Wildman–Crippen MR) is 176 cm³/mol. The molecule has 1 aliphatic rings. The summed E-state index contributed by atoms with van der Waals surface area (Å²) in [6, 6.07) is 27.2. The number of nitrogens with one attached hydrogen (secondary N) is 1. The molecule has 210 valence electrons. The number of hydrogen-bond donors (Lipinski definition) is 1. The second-order valence-corrected chi connectivity index (χ2v) is 10.5. The molecule has 3 heteroatoms. The van der Waals surface area contributed by atoms with E-state index in [1.807, 2.05) is 0 Å². The van der Waals surface area contributed by atoms with E-state index in [4.69, 9.17) is 0 Å². The highest BCUT2D eigenvalue weighted by Gasteiger charge is 2.22. The van der Waals surface area contributed by atoms with Gasteiger partial charge in [-0.2, -0.15) is 0 Å². The molecule has 40 heavy (non-hydrogen) atoms. The molecule has 0 unspecified atom stereocenters. The number of nitrogens with zero attached hydrogens (tertiary/aromatic N) is 2. The predicted octanol–water partition coefficient (Wildman–Crippen LogP) is 7.36. The molecule has 0 radical (unpaired) electrons. The van der Waals surface area contributed by atoms with E-state index in [0.717, 1.165) is 32.7 Å². The summed E-state index contributed by atoms with van der Waals surface area (Å²) < 4.78 is 0. The van der Waals surface area contributed by atoms with E-state index in [-0.39, 0.29) is 0 Å². The van der Waals surface area contributed by atoms with Crippen LogP contribution in [0.3, 0.4) is 0 Å². The van der Waals surface area contributed by atoms with Crippen LogP contribution in [0.2, 0.25) is 0 Å². The monoisotopic (exact) mass is 534 g/mol. The van der Waals surface area contributed by atoms with Gasteiger partial charge in [0.15, 0.2) is 0 Å². The van der Waals surface area contributed by atoms with E-state index in [2.05, 4.69) is 134 Å². The highest BCUT2D eigenvalue weighted by molar-refractivity contribution is 6.17. The Hall–Kier alpha value is -3.59. The third-order valence-electron chi connectivity index (χ3n) is 8.03. The van der Waals surface area contributed by atoms with E-state index >= 15 is 0 Å². The first-order chi connectivity index (χ1) is 19.6. The van der Waals surface area contributed by atoms with Crippen LogP contribution in [0.5, 0.6) is 0 Å². The first-order valence-electron chi connectivity index (χ1n) is 15.5. The lowest BCUT2D eigenvalue weighted by Gasteiger charge is -2.25. The van der Waals surface area contributed by atoms with Crippen LogP contribution in [0.4, 0.5) is 11.4 Å². The Balaban J connectivity index is 1.80. The first-order valence-corrected chi connectivity index (χ1v) is 15.5. The van der Waals surface area contributed by atoms with E-state index in [1.165, 1.54) is 76.2 Å². The quantitative estimate of drug-likeness (QED) is 0.231. The fourth-order valence-corrected chi connectivity index (χ4v) is 5.81. The molecule has 0 bridgehead atoms. The van der Waals surface area contributed by atoms with Crippen LogP contribution in [-0.2, 0) is 0 Å². The fraction of sp³-hybridized carbons (Fsp3) is 0.378. The van der Waals surface area contributed by atoms with Crippen molar-refractivity contribution >= 4 is 28.2 Å². The Morgan fingerprint density at radius 1 is 0.600 bits per heavy atom. The number of allylic oxidation sites excluding steroid dienone is 3. The summed E-state index contributed by atoms with van der Waals surface area (Å²) in [6.07, 6.45) is 9.71. The van der Waals surface area contributed by atoms with Crippen LogP contribution in [0.25, 0.3) is 11.1 Å². The molecular weight excluding hydrogens is 486 g/mol. The fourth-order valence-electron chi connectivity index (χ4n) is 5.81. The zero-order valence-electron chi connectivity index (χ0n) is 25.3. The molecule has 3 aromatic carbocycles. The molecule has 0 fully saturated rings. The van der Waals surface area contributed by atoms with Gasteiger partial charge in [-0.3, -0.25) is 0 Å². The number of anilines is 2. The molecule has 4 rings (SSSR count). The van der Waals surface area contributed by atoms with Crippen LogP contribution in [0.15, 0.2) is 84.9 Å². The van der Waals surface area contributed by atoms with Gasteiger partial charge in [0.2, 0.25) is 5.71 Å². The van der Waals surface area contributed by atoms with Crippen LogP contribution in [0.1, 0.15) is 82.6 Å². The SMILES string of the molecule is CCCCCCN(CC)c1ccc(/C(=C2\C=CC(=[NH+]CC)c3ccccc32)c2ccc(N(CC)CC)cc2)cc1. The van der Waals surface area contributed by atoms with Gasteiger partial charge in [-0.25, -0.2) is 4.99 Å². The van der Waals surface area contributed by atoms with Crippen molar-refractivity contribution < 1.29 is 4.99 Å². The number of benzene rings is 3. The minimum absolute atomic E-state index is 0.903. The Morgan fingerprint density at radius 2 is 1.18 bits per heavy atom. The highest BCUT2D eigenvalue weighted by Crippen LogP contribution is 2.37. The molecular formula is C37H48N3+. The summed E-state index contributed by atoms with van der Waals surface area (Å²) in [5, 5.41) is 0. The van der Waals surface area contributed by atoms with E-state index < -0.39 is 0 Å². The second kappa shape index (κ2) is 14.7. The van der Waals surface area contributed by atoms with Crippen molar-refractivity contribution in [3.8, 4) is 0 Å². The Bertz CT molecular complexity index is 1310. The lowest BCUT2D eigenvalue weighted by atomic mass is 9.83. The third-order valence-corrected chi connectivity index (χ3v) is 8.03. The van der Waals surface area contributed by atoms with Gasteiger partial charge in [-0.05, 0) is 98.4 Å². The third kappa shape index (κ3) is 6.75. The summed E-state index contributed by atoms with van der Waals surface area (Å²) in [6.45, 7) is 16.2.